The standard InChI is InChI=1S/C23H21F3N6O/c1-28-9-8-19(29-2)31-10-12-32(13-11-31)22(33)18-14-17(15-27)20(16-6-4-3-5-7-16)30-21(18)23(24,25)26/h3-9,14H,2,10-13H2,1H3/b19-8+,28-9?. The second-order valence-electron chi connectivity index (χ2n) is 7.13. The van der Waals surface area contributed by atoms with Gasteiger partial charge in [-0.3, -0.25) is 9.79 Å². The van der Waals surface area contributed by atoms with Gasteiger partial charge in [0.15, 0.2) is 5.69 Å². The van der Waals surface area contributed by atoms with E-state index in [1.807, 2.05) is 11.0 Å². The normalized spacial score (nSPS) is 14.9. The van der Waals surface area contributed by atoms with Crippen molar-refractivity contribution in [3.05, 3.63) is 65.1 Å². The van der Waals surface area contributed by atoms with Crippen LogP contribution in [0.15, 0.2) is 58.3 Å². The maximum absolute atomic E-state index is 13.9. The highest BCUT2D eigenvalue weighted by atomic mass is 19.4. The van der Waals surface area contributed by atoms with Crippen molar-refractivity contribution in [1.29, 1.82) is 5.26 Å². The number of piperazine rings is 1. The van der Waals surface area contributed by atoms with Gasteiger partial charge in [-0.15, -0.1) is 0 Å². The highest BCUT2D eigenvalue weighted by molar-refractivity contribution is 5.96. The van der Waals surface area contributed by atoms with Crippen LogP contribution in [-0.4, -0.2) is 66.8 Å². The van der Waals surface area contributed by atoms with Crippen molar-refractivity contribution in [2.24, 2.45) is 9.98 Å². The molecular weight excluding hydrogens is 433 g/mol. The zero-order chi connectivity index (χ0) is 24.0. The smallest absolute Gasteiger partial charge is 0.353 e. The Morgan fingerprint density at radius 3 is 2.36 bits per heavy atom. The molecule has 0 bridgehead atoms. The molecule has 2 heterocycles. The summed E-state index contributed by atoms with van der Waals surface area (Å²) in [6, 6.07) is 11.0. The van der Waals surface area contributed by atoms with Gasteiger partial charge in [-0.25, -0.2) is 9.98 Å². The fourth-order valence-corrected chi connectivity index (χ4v) is 3.50. The van der Waals surface area contributed by atoms with Crippen LogP contribution in [-0.2, 0) is 6.18 Å². The Balaban J connectivity index is 1.94. The molecule has 1 saturated heterocycles. The lowest BCUT2D eigenvalue weighted by atomic mass is 10.0. The number of pyridine rings is 1. The van der Waals surface area contributed by atoms with Crippen LogP contribution < -0.4 is 0 Å². The number of carbonyl (C=O) groups excluding carboxylic acids is 1. The van der Waals surface area contributed by atoms with Crippen LogP contribution in [0.3, 0.4) is 0 Å². The van der Waals surface area contributed by atoms with Gasteiger partial charge in [0, 0.05) is 45.0 Å². The molecule has 33 heavy (non-hydrogen) atoms. The average Bonchev–Trinajstić information content (AvgIpc) is 2.83. The van der Waals surface area contributed by atoms with E-state index in [0.717, 1.165) is 6.07 Å². The molecule has 0 spiro atoms. The topological polar surface area (TPSA) is 85.0 Å². The minimum absolute atomic E-state index is 0.101. The fraction of sp³-hybridized carbons (Fsp3) is 0.261. The Morgan fingerprint density at radius 2 is 1.82 bits per heavy atom. The Labute approximate surface area is 189 Å². The van der Waals surface area contributed by atoms with Gasteiger partial charge in [0.05, 0.1) is 16.8 Å². The number of hydrogen-bond acceptors (Lipinski definition) is 6. The first-order chi connectivity index (χ1) is 15.8. The van der Waals surface area contributed by atoms with Gasteiger partial charge in [-0.1, -0.05) is 30.3 Å². The van der Waals surface area contributed by atoms with Crippen molar-refractivity contribution in [2.45, 2.75) is 6.18 Å². The van der Waals surface area contributed by atoms with E-state index in [-0.39, 0.29) is 24.3 Å². The quantitative estimate of drug-likeness (QED) is 0.646. The highest BCUT2D eigenvalue weighted by Gasteiger charge is 2.40. The molecule has 2 aromatic rings. The van der Waals surface area contributed by atoms with Crippen LogP contribution in [0.4, 0.5) is 13.2 Å². The molecule has 0 atom stereocenters. The second kappa shape index (κ2) is 10.1. The van der Waals surface area contributed by atoms with E-state index >= 15 is 0 Å². The third-order valence-electron chi connectivity index (χ3n) is 5.11. The zero-order valence-corrected chi connectivity index (χ0v) is 17.9. The summed E-state index contributed by atoms with van der Waals surface area (Å²) in [7, 11) is 1.61. The van der Waals surface area contributed by atoms with Gasteiger partial charge in [0.1, 0.15) is 11.9 Å². The Morgan fingerprint density at radius 1 is 1.18 bits per heavy atom. The number of nitriles is 1. The molecule has 3 rings (SSSR count). The van der Waals surface area contributed by atoms with Crippen molar-refractivity contribution >= 4 is 18.8 Å². The summed E-state index contributed by atoms with van der Waals surface area (Å²) < 4.78 is 41.6. The molecule has 1 fully saturated rings. The Hall–Kier alpha value is -4.00. The van der Waals surface area contributed by atoms with Crippen molar-refractivity contribution in [3.63, 3.8) is 0 Å². The van der Waals surface area contributed by atoms with Crippen LogP contribution in [0.25, 0.3) is 11.3 Å². The van der Waals surface area contributed by atoms with Crippen LogP contribution in [0.5, 0.6) is 0 Å². The Bertz CT molecular complexity index is 1130. The summed E-state index contributed by atoms with van der Waals surface area (Å²) in [5, 5.41) is 9.55. The SMILES string of the molecule is C=N/C(=C\C=NC)N1CCN(C(=O)c2cc(C#N)c(-c3ccccc3)nc2C(F)(F)F)CC1. The van der Waals surface area contributed by atoms with E-state index in [9.17, 15) is 23.2 Å². The zero-order valence-electron chi connectivity index (χ0n) is 17.9. The summed E-state index contributed by atoms with van der Waals surface area (Å²) in [6.07, 6.45) is -1.65. The number of aromatic nitrogens is 1. The van der Waals surface area contributed by atoms with E-state index in [1.54, 1.807) is 49.7 Å². The summed E-state index contributed by atoms with van der Waals surface area (Å²) in [5.74, 6) is -0.262. The largest absolute Gasteiger partial charge is 0.434 e. The van der Waals surface area contributed by atoms with Crippen LogP contribution in [0.2, 0.25) is 0 Å². The van der Waals surface area contributed by atoms with Gasteiger partial charge in [0.2, 0.25) is 0 Å². The van der Waals surface area contributed by atoms with Crippen LogP contribution in [0, 0.1) is 11.3 Å². The lowest BCUT2D eigenvalue weighted by molar-refractivity contribution is -0.141. The predicted octanol–water partition coefficient (Wildman–Crippen LogP) is 3.64. The number of allylic oxidation sites excluding steroid dienone is 1. The molecular formula is C23H21F3N6O. The maximum Gasteiger partial charge on any atom is 0.434 e. The maximum atomic E-state index is 13.9. The molecule has 1 aromatic heterocycles. The van der Waals surface area contributed by atoms with Crippen molar-refractivity contribution in [3.8, 4) is 17.3 Å². The van der Waals surface area contributed by atoms with Gasteiger partial charge >= 0.3 is 6.18 Å². The monoisotopic (exact) mass is 454 g/mol. The molecule has 0 N–H and O–H groups in total. The van der Waals surface area contributed by atoms with Crippen LogP contribution in [0.1, 0.15) is 21.6 Å². The molecule has 10 heteroatoms. The van der Waals surface area contributed by atoms with Gasteiger partial charge in [-0.2, -0.15) is 18.4 Å². The van der Waals surface area contributed by atoms with E-state index in [0.29, 0.717) is 24.5 Å². The molecule has 1 aliphatic heterocycles. The minimum atomic E-state index is -4.87. The van der Waals surface area contributed by atoms with Gasteiger partial charge in [0.25, 0.3) is 5.91 Å². The number of carbonyl (C=O) groups is 1. The molecule has 170 valence electrons. The molecule has 1 aromatic carbocycles. The predicted molar refractivity (Wildman–Crippen MR) is 119 cm³/mol. The first-order valence-electron chi connectivity index (χ1n) is 10.0. The first-order valence-corrected chi connectivity index (χ1v) is 10.0. The molecule has 0 radical (unpaired) electrons. The molecule has 0 aliphatic carbocycles. The number of benzene rings is 1. The highest BCUT2D eigenvalue weighted by Crippen LogP contribution is 2.35. The average molecular weight is 454 g/mol. The molecule has 1 amide bonds. The number of rotatable bonds is 5. The number of aliphatic imine (C=N–C) groups is 2. The van der Waals surface area contributed by atoms with Crippen molar-refractivity contribution in [2.75, 3.05) is 33.2 Å². The fourth-order valence-electron chi connectivity index (χ4n) is 3.50. The molecule has 1 aliphatic rings. The van der Waals surface area contributed by atoms with Gasteiger partial charge in [-0.05, 0) is 18.9 Å². The molecule has 7 nitrogen and oxygen atoms in total. The summed E-state index contributed by atoms with van der Waals surface area (Å²) >= 11 is 0. The number of amides is 1. The number of nitrogens with zero attached hydrogens (tertiary/aromatic N) is 6. The van der Waals surface area contributed by atoms with E-state index in [2.05, 4.69) is 21.7 Å². The third-order valence-corrected chi connectivity index (χ3v) is 5.11. The lowest BCUT2D eigenvalue weighted by Gasteiger charge is -2.36. The van der Waals surface area contributed by atoms with Crippen molar-refractivity contribution < 1.29 is 18.0 Å². The Kier molecular flexibility index (Phi) is 7.23. The first kappa shape index (κ1) is 23.7. The van der Waals surface area contributed by atoms with Gasteiger partial charge < -0.3 is 9.80 Å². The third kappa shape index (κ3) is 5.26. The van der Waals surface area contributed by atoms with E-state index in [4.69, 9.17) is 0 Å². The molecule has 0 unspecified atom stereocenters. The lowest BCUT2D eigenvalue weighted by Crippen LogP contribution is -2.48. The summed E-state index contributed by atoms with van der Waals surface area (Å²) in [5.41, 5.74) is -1.80. The van der Waals surface area contributed by atoms with E-state index < -0.39 is 23.3 Å². The number of halogens is 3. The minimum Gasteiger partial charge on any atom is -0.353 e. The summed E-state index contributed by atoms with van der Waals surface area (Å²) in [4.78, 5) is 27.8. The van der Waals surface area contributed by atoms with Crippen LogP contribution >= 0.6 is 0 Å². The second-order valence-corrected chi connectivity index (χ2v) is 7.13. The summed E-state index contributed by atoms with van der Waals surface area (Å²) in [6.45, 7) is 4.58. The van der Waals surface area contributed by atoms with E-state index in [1.165, 1.54) is 4.90 Å². The number of hydrogen-bond donors (Lipinski definition) is 0. The molecule has 0 saturated carbocycles. The number of alkyl halides is 3. The van der Waals surface area contributed by atoms with Crippen molar-refractivity contribution in [1.82, 2.24) is 14.8 Å².